The van der Waals surface area contributed by atoms with Gasteiger partial charge in [-0.1, -0.05) is 23.7 Å². The van der Waals surface area contributed by atoms with Crippen LogP contribution in [0.3, 0.4) is 0 Å². The van der Waals surface area contributed by atoms with Gasteiger partial charge in [0.25, 0.3) is 0 Å². The molecule has 0 aliphatic rings. The lowest BCUT2D eigenvalue weighted by Crippen LogP contribution is -2.22. The maximum atomic E-state index is 13.3. The number of hydrogen-bond donors (Lipinski definition) is 2. The molecule has 1 aromatic rings. The maximum Gasteiger partial charge on any atom is 0.218 e. The van der Waals surface area contributed by atoms with Crippen LogP contribution in [-0.4, -0.2) is 12.5 Å². The van der Waals surface area contributed by atoms with Crippen LogP contribution in [0.15, 0.2) is 18.2 Å². The van der Waals surface area contributed by atoms with Crippen molar-refractivity contribution in [3.63, 3.8) is 0 Å². The lowest BCUT2D eigenvalue weighted by Gasteiger charge is -2.05. The highest BCUT2D eigenvalue weighted by molar-refractivity contribution is 6.30. The first kappa shape index (κ1) is 11.9. The number of hydrogen-bond acceptors (Lipinski definition) is 2. The molecule has 0 heterocycles. The Morgan fingerprint density at radius 2 is 2.27 bits per heavy atom. The topological polar surface area (TPSA) is 55.1 Å². The summed E-state index contributed by atoms with van der Waals surface area (Å²) in [4.78, 5) is 10.4. The monoisotopic (exact) mass is 230 g/mol. The molecule has 0 fully saturated rings. The zero-order valence-electron chi connectivity index (χ0n) is 8.09. The quantitative estimate of drug-likeness (QED) is 0.753. The van der Waals surface area contributed by atoms with Gasteiger partial charge in [0.2, 0.25) is 5.91 Å². The highest BCUT2D eigenvalue weighted by Crippen LogP contribution is 2.17. The molecule has 3 nitrogen and oxygen atoms in total. The predicted molar refractivity (Wildman–Crippen MR) is 56.9 cm³/mol. The van der Waals surface area contributed by atoms with Crippen molar-refractivity contribution in [2.45, 2.75) is 13.0 Å². The number of carbonyl (C=O) groups is 1. The van der Waals surface area contributed by atoms with Crippen molar-refractivity contribution >= 4 is 17.5 Å². The second kappa shape index (κ2) is 5.68. The zero-order valence-corrected chi connectivity index (χ0v) is 8.85. The Morgan fingerprint density at radius 1 is 1.53 bits per heavy atom. The molecule has 0 spiro atoms. The predicted octanol–water partition coefficient (Wildman–Crippen LogP) is 1.44. The van der Waals surface area contributed by atoms with Crippen LogP contribution in [0.5, 0.6) is 0 Å². The third-order valence-electron chi connectivity index (χ3n) is 1.90. The summed E-state index contributed by atoms with van der Waals surface area (Å²) in [6.45, 7) is 0.765. The minimum absolute atomic E-state index is 0.101. The lowest BCUT2D eigenvalue weighted by atomic mass is 10.2. The minimum Gasteiger partial charge on any atom is -0.370 e. The van der Waals surface area contributed by atoms with Crippen molar-refractivity contribution < 1.29 is 9.18 Å². The summed E-state index contributed by atoms with van der Waals surface area (Å²) in [5.41, 5.74) is 5.43. The summed E-state index contributed by atoms with van der Waals surface area (Å²) in [6.07, 6.45) is 0.238. The number of rotatable bonds is 5. The molecule has 0 bridgehead atoms. The molecular formula is C10H12ClFN2O. The Labute approximate surface area is 92.4 Å². The van der Waals surface area contributed by atoms with Crippen LogP contribution >= 0.6 is 11.6 Å². The number of benzene rings is 1. The molecule has 0 saturated heterocycles. The van der Waals surface area contributed by atoms with Gasteiger partial charge in [0.1, 0.15) is 5.82 Å². The van der Waals surface area contributed by atoms with Gasteiger partial charge in [0.15, 0.2) is 0 Å². The fourth-order valence-electron chi connectivity index (χ4n) is 1.12. The maximum absolute atomic E-state index is 13.3. The first-order valence-corrected chi connectivity index (χ1v) is 4.91. The van der Waals surface area contributed by atoms with Crippen LogP contribution in [-0.2, 0) is 11.3 Å². The largest absolute Gasteiger partial charge is 0.370 e. The van der Waals surface area contributed by atoms with Crippen molar-refractivity contribution in [2.75, 3.05) is 6.54 Å². The number of carbonyl (C=O) groups excluding carboxylic acids is 1. The molecule has 5 heteroatoms. The van der Waals surface area contributed by atoms with Gasteiger partial charge < -0.3 is 11.1 Å². The van der Waals surface area contributed by atoms with Gasteiger partial charge >= 0.3 is 0 Å². The Balaban J connectivity index is 2.44. The van der Waals surface area contributed by atoms with Crippen LogP contribution < -0.4 is 11.1 Å². The van der Waals surface area contributed by atoms with E-state index in [1.54, 1.807) is 12.1 Å². The van der Waals surface area contributed by atoms with Gasteiger partial charge in [-0.05, 0) is 6.07 Å². The number of primary amides is 1. The lowest BCUT2D eigenvalue weighted by molar-refractivity contribution is -0.117. The van der Waals surface area contributed by atoms with Crippen LogP contribution in [0.4, 0.5) is 4.39 Å². The third-order valence-corrected chi connectivity index (χ3v) is 2.19. The number of nitrogens with two attached hydrogens (primary N) is 1. The first-order chi connectivity index (χ1) is 7.11. The summed E-state index contributed by atoms with van der Waals surface area (Å²) in [6, 6.07) is 4.80. The fourth-order valence-corrected chi connectivity index (χ4v) is 1.31. The Morgan fingerprint density at radius 3 is 2.93 bits per heavy atom. The summed E-state index contributed by atoms with van der Waals surface area (Å²) in [5.74, 6) is -0.806. The zero-order chi connectivity index (χ0) is 11.3. The first-order valence-electron chi connectivity index (χ1n) is 4.53. The molecule has 0 aliphatic carbocycles. The highest BCUT2D eigenvalue weighted by Gasteiger charge is 2.05. The van der Waals surface area contributed by atoms with Crippen LogP contribution in [0.1, 0.15) is 12.0 Å². The van der Waals surface area contributed by atoms with E-state index in [-0.39, 0.29) is 17.4 Å². The van der Waals surface area contributed by atoms with E-state index in [4.69, 9.17) is 17.3 Å². The normalized spacial score (nSPS) is 10.3. The average molecular weight is 231 g/mol. The van der Waals surface area contributed by atoms with Gasteiger partial charge in [-0.25, -0.2) is 4.39 Å². The Bertz CT molecular complexity index is 357. The summed E-state index contributed by atoms with van der Waals surface area (Å²) in [5, 5.41) is 3.00. The molecule has 1 aromatic carbocycles. The van der Waals surface area contributed by atoms with E-state index in [9.17, 15) is 9.18 Å². The molecule has 0 unspecified atom stereocenters. The van der Waals surface area contributed by atoms with E-state index in [0.29, 0.717) is 18.7 Å². The van der Waals surface area contributed by atoms with Crippen molar-refractivity contribution in [1.82, 2.24) is 5.32 Å². The number of nitrogens with one attached hydrogen (secondary N) is 1. The number of halogens is 2. The molecule has 0 aliphatic heterocycles. The summed E-state index contributed by atoms with van der Waals surface area (Å²) >= 11 is 5.60. The summed E-state index contributed by atoms with van der Waals surface area (Å²) < 4.78 is 13.3. The SMILES string of the molecule is NC(=O)CCNCc1cccc(Cl)c1F. The van der Waals surface area contributed by atoms with Gasteiger partial charge in [-0.2, -0.15) is 0 Å². The molecule has 3 N–H and O–H groups in total. The van der Waals surface area contributed by atoms with E-state index in [2.05, 4.69) is 5.32 Å². The van der Waals surface area contributed by atoms with Crippen LogP contribution in [0.25, 0.3) is 0 Å². The van der Waals surface area contributed by atoms with E-state index in [0.717, 1.165) is 0 Å². The van der Waals surface area contributed by atoms with E-state index >= 15 is 0 Å². The van der Waals surface area contributed by atoms with Crippen molar-refractivity contribution in [1.29, 1.82) is 0 Å². The molecule has 0 saturated carbocycles. The van der Waals surface area contributed by atoms with Gasteiger partial charge in [-0.15, -0.1) is 0 Å². The van der Waals surface area contributed by atoms with E-state index in [1.807, 2.05) is 0 Å². The minimum atomic E-state index is -0.425. The molecule has 82 valence electrons. The third kappa shape index (κ3) is 3.85. The highest BCUT2D eigenvalue weighted by atomic mass is 35.5. The van der Waals surface area contributed by atoms with Crippen molar-refractivity contribution in [2.24, 2.45) is 5.73 Å². The smallest absolute Gasteiger partial charge is 0.218 e. The van der Waals surface area contributed by atoms with Crippen LogP contribution in [0, 0.1) is 5.82 Å². The average Bonchev–Trinajstić information content (AvgIpc) is 2.18. The Kier molecular flexibility index (Phi) is 4.52. The fraction of sp³-hybridized carbons (Fsp3) is 0.300. The molecule has 0 radical (unpaired) electrons. The standard InChI is InChI=1S/C10H12ClFN2O/c11-8-3-1-2-7(10(8)12)6-14-5-4-9(13)15/h1-3,14H,4-6H2,(H2,13,15). The number of amides is 1. The van der Waals surface area contributed by atoms with Gasteiger partial charge in [-0.3, -0.25) is 4.79 Å². The van der Waals surface area contributed by atoms with E-state index < -0.39 is 5.82 Å². The van der Waals surface area contributed by atoms with Crippen molar-refractivity contribution in [3.8, 4) is 0 Å². The van der Waals surface area contributed by atoms with Crippen LogP contribution in [0.2, 0.25) is 5.02 Å². The second-order valence-electron chi connectivity index (χ2n) is 3.11. The Hall–Kier alpha value is -1.13. The molecule has 1 amide bonds. The molecule has 1 rings (SSSR count). The molecule has 15 heavy (non-hydrogen) atoms. The van der Waals surface area contributed by atoms with Gasteiger partial charge in [0.05, 0.1) is 5.02 Å². The van der Waals surface area contributed by atoms with Crippen molar-refractivity contribution in [3.05, 3.63) is 34.6 Å². The second-order valence-corrected chi connectivity index (χ2v) is 3.51. The molecule has 0 atom stereocenters. The molecular weight excluding hydrogens is 219 g/mol. The van der Waals surface area contributed by atoms with E-state index in [1.165, 1.54) is 6.07 Å². The molecule has 0 aromatic heterocycles. The van der Waals surface area contributed by atoms with Gasteiger partial charge in [0, 0.05) is 25.1 Å². The summed E-state index contributed by atoms with van der Waals surface area (Å²) in [7, 11) is 0.